The summed E-state index contributed by atoms with van der Waals surface area (Å²) in [5.74, 6) is -1.90. The minimum atomic E-state index is -0.962. The summed E-state index contributed by atoms with van der Waals surface area (Å²) in [7, 11) is 0. The zero-order valence-electron chi connectivity index (χ0n) is 27.6. The number of aromatic nitrogens is 2. The molecule has 4 aliphatic rings. The fourth-order valence-corrected chi connectivity index (χ4v) is 9.13. The molecule has 0 N–H and O–H groups in total. The van der Waals surface area contributed by atoms with E-state index in [1.165, 1.54) is 6.07 Å². The molecule has 6 heterocycles. The number of carbonyl (C=O) groups is 1. The van der Waals surface area contributed by atoms with Crippen molar-refractivity contribution in [3.05, 3.63) is 39.2 Å². The van der Waals surface area contributed by atoms with Gasteiger partial charge in [-0.3, -0.25) is 4.90 Å². The van der Waals surface area contributed by atoms with Gasteiger partial charge in [-0.05, 0) is 51.8 Å². The second-order valence-electron chi connectivity index (χ2n) is 14.2. The van der Waals surface area contributed by atoms with E-state index in [2.05, 4.69) is 9.88 Å². The molecule has 4 aliphatic heterocycles. The lowest BCUT2D eigenvalue weighted by molar-refractivity contribution is 0.00749. The van der Waals surface area contributed by atoms with E-state index in [0.29, 0.717) is 38.5 Å². The fraction of sp³-hybridized carbons (Fsp3) is 0.486. The summed E-state index contributed by atoms with van der Waals surface area (Å²) >= 11 is 7.80. The minimum Gasteiger partial charge on any atom is -0.489 e. The molecule has 3 atom stereocenters. The summed E-state index contributed by atoms with van der Waals surface area (Å²) in [5, 5.41) is 10.4. The van der Waals surface area contributed by atoms with Crippen molar-refractivity contribution < 1.29 is 36.9 Å². The first-order valence-electron chi connectivity index (χ1n) is 16.5. The van der Waals surface area contributed by atoms with Gasteiger partial charge in [-0.2, -0.15) is 15.2 Å². The van der Waals surface area contributed by atoms with Crippen LogP contribution in [-0.2, 0) is 9.47 Å². The Kier molecular flexibility index (Phi) is 8.06. The zero-order chi connectivity index (χ0) is 35.1. The summed E-state index contributed by atoms with van der Waals surface area (Å²) in [5.41, 5.74) is -1.82. The van der Waals surface area contributed by atoms with E-state index in [1.807, 2.05) is 11.0 Å². The number of benzene rings is 2. The van der Waals surface area contributed by atoms with E-state index < -0.39 is 34.9 Å². The number of fused-ring (bicyclic) bond motifs is 4. The van der Waals surface area contributed by atoms with Gasteiger partial charge in [0.2, 0.25) is 0 Å². The second kappa shape index (κ2) is 12.1. The maximum Gasteiger partial charge on any atom is 0.350 e. The summed E-state index contributed by atoms with van der Waals surface area (Å²) in [6, 6.07) is 4.09. The number of ether oxygens (including phenoxy) is 4. The number of nitrogens with zero attached hydrogens (tertiary/aromatic N) is 5. The fourth-order valence-electron chi connectivity index (χ4n) is 7.73. The largest absolute Gasteiger partial charge is 0.489 e. The molecule has 50 heavy (non-hydrogen) atoms. The summed E-state index contributed by atoms with van der Waals surface area (Å²) in [6.07, 6.45) is 1.05. The number of hydrogen-bond acceptors (Lipinski definition) is 11. The maximum atomic E-state index is 17.3. The highest BCUT2D eigenvalue weighted by Crippen LogP contribution is 2.51. The molecule has 0 radical (unpaired) electrons. The Morgan fingerprint density at radius 2 is 2.04 bits per heavy atom. The van der Waals surface area contributed by atoms with E-state index in [9.17, 15) is 14.4 Å². The van der Waals surface area contributed by atoms with Crippen LogP contribution >= 0.6 is 22.9 Å². The van der Waals surface area contributed by atoms with E-state index in [0.717, 1.165) is 36.8 Å². The summed E-state index contributed by atoms with van der Waals surface area (Å²) in [4.78, 5) is 26.5. The van der Waals surface area contributed by atoms with Gasteiger partial charge in [0.1, 0.15) is 53.1 Å². The Balaban J connectivity index is 1.33. The smallest absolute Gasteiger partial charge is 0.350 e. The highest BCUT2D eigenvalue weighted by Gasteiger charge is 2.49. The Labute approximate surface area is 294 Å². The van der Waals surface area contributed by atoms with E-state index in [1.54, 1.807) is 20.8 Å². The van der Waals surface area contributed by atoms with Crippen LogP contribution in [0.1, 0.15) is 55.3 Å². The lowest BCUT2D eigenvalue weighted by Crippen LogP contribution is -2.48. The van der Waals surface area contributed by atoms with Gasteiger partial charge in [-0.25, -0.2) is 18.0 Å². The Hall–Kier alpha value is -3.90. The predicted octanol–water partition coefficient (Wildman–Crippen LogP) is 6.82. The number of carbonyl (C=O) groups excluding carboxylic acids is 1. The third-order valence-corrected chi connectivity index (χ3v) is 11.4. The van der Waals surface area contributed by atoms with Crippen LogP contribution in [0.2, 0.25) is 5.02 Å². The van der Waals surface area contributed by atoms with Gasteiger partial charge in [-0.15, -0.1) is 11.3 Å². The molecule has 2 aromatic heterocycles. The van der Waals surface area contributed by atoms with Crippen LogP contribution in [0.15, 0.2) is 12.1 Å². The molecule has 3 fully saturated rings. The number of morpholine rings is 1. The number of halogens is 4. The van der Waals surface area contributed by atoms with Gasteiger partial charge in [-0.1, -0.05) is 17.7 Å². The Bertz CT molecular complexity index is 2120. The van der Waals surface area contributed by atoms with Crippen LogP contribution in [0.25, 0.3) is 32.1 Å². The number of nitriles is 1. The van der Waals surface area contributed by atoms with Crippen molar-refractivity contribution in [3.8, 4) is 29.0 Å². The molecule has 0 unspecified atom stereocenters. The van der Waals surface area contributed by atoms with E-state index in [4.69, 9.17) is 35.5 Å². The van der Waals surface area contributed by atoms with Crippen molar-refractivity contribution in [3.63, 3.8) is 0 Å². The van der Waals surface area contributed by atoms with Crippen LogP contribution in [0.4, 0.5) is 19.0 Å². The summed E-state index contributed by atoms with van der Waals surface area (Å²) < 4.78 is 70.9. The van der Waals surface area contributed by atoms with Gasteiger partial charge in [0.05, 0.1) is 45.5 Å². The van der Waals surface area contributed by atoms with Crippen LogP contribution in [0.3, 0.4) is 0 Å². The van der Waals surface area contributed by atoms with Crippen molar-refractivity contribution in [2.24, 2.45) is 0 Å². The molecule has 10 nitrogen and oxygen atoms in total. The quantitative estimate of drug-likeness (QED) is 0.203. The van der Waals surface area contributed by atoms with Crippen LogP contribution in [-0.4, -0.2) is 90.3 Å². The number of anilines is 1. The molecule has 0 amide bonds. The van der Waals surface area contributed by atoms with Crippen LogP contribution in [0.5, 0.6) is 11.8 Å². The Morgan fingerprint density at radius 1 is 1.22 bits per heavy atom. The number of esters is 1. The number of alkyl halides is 1. The molecule has 0 aliphatic carbocycles. The molecule has 4 aromatic rings. The highest BCUT2D eigenvalue weighted by atomic mass is 35.5. The standard InChI is InChI=1S/C35H33ClF3N5O5S/c1-34(2,3)49-32(45)29-20(12-40)22-19(5-6-21(38)30(22)50-29)23-25(36)28-24-27(26(23)39)41-33(42-31(24)44-9-10-46-14-18(44)15-47-28)48-16-35-7-4-8-43(35)13-17(37)11-35/h5-6,17-18H,4,7-11,13-16H2,1-3H3/t17-,18+,35+/m1/s1. The van der Waals surface area contributed by atoms with Crippen LogP contribution in [0, 0.1) is 23.0 Å². The molecular weight excluding hydrogens is 695 g/mol. The first kappa shape index (κ1) is 33.3. The van der Waals surface area contributed by atoms with Crippen molar-refractivity contribution in [2.75, 3.05) is 51.0 Å². The average Bonchev–Trinajstić information content (AvgIpc) is 3.71. The molecule has 0 saturated carbocycles. The predicted molar refractivity (Wildman–Crippen MR) is 181 cm³/mol. The lowest BCUT2D eigenvalue weighted by Gasteiger charge is -2.35. The topological polar surface area (TPSA) is 110 Å². The van der Waals surface area contributed by atoms with Crippen molar-refractivity contribution in [2.45, 2.75) is 63.4 Å². The van der Waals surface area contributed by atoms with Crippen molar-refractivity contribution >= 4 is 55.7 Å². The number of rotatable bonds is 5. The second-order valence-corrected chi connectivity index (χ2v) is 15.6. The number of hydrogen-bond donors (Lipinski definition) is 0. The molecule has 0 spiro atoms. The molecule has 8 rings (SSSR count). The maximum absolute atomic E-state index is 17.3. The highest BCUT2D eigenvalue weighted by molar-refractivity contribution is 7.21. The minimum absolute atomic E-state index is 0.0124. The first-order chi connectivity index (χ1) is 23.9. The monoisotopic (exact) mass is 727 g/mol. The van der Waals surface area contributed by atoms with Crippen molar-refractivity contribution in [1.29, 1.82) is 5.26 Å². The Morgan fingerprint density at radius 3 is 2.82 bits per heavy atom. The SMILES string of the molecule is CC(C)(C)OC(=O)c1sc2c(F)ccc(-c3c(Cl)c4c5c(nc(OC[C@@]67CCCN6C[C@H](F)C7)nc5c3F)N3CCOC[C@H]3CO4)c2c1C#N. The van der Waals surface area contributed by atoms with Gasteiger partial charge in [0.15, 0.2) is 11.6 Å². The molecule has 262 valence electrons. The van der Waals surface area contributed by atoms with Gasteiger partial charge in [0.25, 0.3) is 0 Å². The van der Waals surface area contributed by atoms with Gasteiger partial charge >= 0.3 is 12.0 Å². The first-order valence-corrected chi connectivity index (χ1v) is 17.7. The molecule has 3 saturated heterocycles. The third kappa shape index (κ3) is 5.32. The lowest BCUT2D eigenvalue weighted by atomic mass is 9.95. The zero-order valence-corrected chi connectivity index (χ0v) is 29.2. The molecule has 15 heteroatoms. The van der Waals surface area contributed by atoms with Crippen LogP contribution < -0.4 is 14.4 Å². The molecular formula is C35H33ClF3N5O5S. The van der Waals surface area contributed by atoms with E-state index in [-0.39, 0.29) is 78.6 Å². The van der Waals surface area contributed by atoms with Gasteiger partial charge < -0.3 is 23.8 Å². The normalized spacial score (nSPS) is 23.4. The number of thiophene rings is 1. The van der Waals surface area contributed by atoms with Gasteiger partial charge in [0, 0.05) is 30.5 Å². The average molecular weight is 728 g/mol. The van der Waals surface area contributed by atoms with Crippen molar-refractivity contribution in [1.82, 2.24) is 14.9 Å². The molecule has 2 aromatic carbocycles. The third-order valence-electron chi connectivity index (χ3n) is 9.85. The summed E-state index contributed by atoms with van der Waals surface area (Å²) in [6.45, 7) is 7.57. The van der Waals surface area contributed by atoms with E-state index >= 15 is 8.78 Å². The molecule has 0 bridgehead atoms.